The number of nitrogens with zero attached hydrogens (tertiary/aromatic N) is 2. The Morgan fingerprint density at radius 2 is 1.74 bits per heavy atom. The predicted molar refractivity (Wildman–Crippen MR) is 152 cm³/mol. The number of carbonyl (C=O) groups is 3. The molecular weight excluding hydrogens is 562 g/mol. The average Bonchev–Trinajstić information content (AvgIpc) is 3.69. The van der Waals surface area contributed by atoms with Gasteiger partial charge in [0.1, 0.15) is 24.2 Å². The first-order valence-corrected chi connectivity index (χ1v) is 15.4. The molecule has 4 rings (SSSR count). The molecule has 1 amide bonds. The minimum atomic E-state index is -1.23. The van der Waals surface area contributed by atoms with Crippen LogP contribution in [0.1, 0.15) is 67.7 Å². The van der Waals surface area contributed by atoms with Crippen LogP contribution < -0.4 is 5.84 Å². The number of fused-ring (bicyclic) bond motifs is 3. The van der Waals surface area contributed by atoms with Crippen LogP contribution in [0, 0.1) is 17.8 Å². The maximum atomic E-state index is 14.0. The van der Waals surface area contributed by atoms with Crippen LogP contribution in [0.3, 0.4) is 0 Å². The number of epoxide rings is 1. The second-order valence-corrected chi connectivity index (χ2v) is 13.6. The Hall–Kier alpha value is -1.87. The van der Waals surface area contributed by atoms with Crippen molar-refractivity contribution in [1.29, 1.82) is 0 Å². The number of hydrogen-bond acceptors (Lipinski definition) is 11. The van der Waals surface area contributed by atoms with Crippen LogP contribution in [0.5, 0.6) is 0 Å². The van der Waals surface area contributed by atoms with E-state index in [2.05, 4.69) is 5.84 Å². The van der Waals surface area contributed by atoms with Gasteiger partial charge in [0.25, 0.3) is 0 Å². The van der Waals surface area contributed by atoms with Gasteiger partial charge < -0.3 is 38.4 Å². The van der Waals surface area contributed by atoms with Crippen molar-refractivity contribution in [3.05, 3.63) is 0 Å². The van der Waals surface area contributed by atoms with Crippen LogP contribution in [0.25, 0.3) is 0 Å². The van der Waals surface area contributed by atoms with Crippen molar-refractivity contribution in [2.75, 3.05) is 21.2 Å². The van der Waals surface area contributed by atoms with Gasteiger partial charge in [0, 0.05) is 19.1 Å². The summed E-state index contributed by atoms with van der Waals surface area (Å²) < 4.78 is 36.7. The molecule has 0 aromatic carbocycles. The molecule has 0 aliphatic carbocycles. The number of cyclic esters (lactones) is 1. The minimum absolute atomic E-state index is 0.106. The summed E-state index contributed by atoms with van der Waals surface area (Å²) in [5.41, 5.74) is -2.29. The number of carbonyl (C=O) groups excluding carboxylic acids is 3. The van der Waals surface area contributed by atoms with Gasteiger partial charge in [-0.1, -0.05) is 20.8 Å². The molecular formula is C30H52N3O10+. The maximum absolute atomic E-state index is 14.0. The van der Waals surface area contributed by atoms with Gasteiger partial charge in [-0.2, -0.15) is 0 Å². The number of likely N-dealkylation sites (N-methyl/N-ethyl adjacent to an activating group) is 1. The van der Waals surface area contributed by atoms with E-state index in [-0.39, 0.29) is 24.2 Å². The van der Waals surface area contributed by atoms with Crippen molar-refractivity contribution in [3.8, 4) is 0 Å². The highest BCUT2D eigenvalue weighted by Crippen LogP contribution is 2.47. The average molecular weight is 615 g/mol. The number of esters is 1. The van der Waals surface area contributed by atoms with E-state index in [1.54, 1.807) is 21.0 Å². The summed E-state index contributed by atoms with van der Waals surface area (Å²) in [7, 11) is 5.34. The molecule has 0 spiro atoms. The third kappa shape index (κ3) is 6.18. The summed E-state index contributed by atoms with van der Waals surface area (Å²) in [6, 6.07) is -0.836. The van der Waals surface area contributed by atoms with Crippen LogP contribution >= 0.6 is 0 Å². The van der Waals surface area contributed by atoms with Crippen LogP contribution in [-0.4, -0.2) is 120 Å². The van der Waals surface area contributed by atoms with E-state index in [4.69, 9.17) is 28.4 Å². The molecule has 4 saturated heterocycles. The van der Waals surface area contributed by atoms with Gasteiger partial charge in [0.05, 0.1) is 23.9 Å². The maximum Gasteiger partial charge on any atom is 0.455 e. The quantitative estimate of drug-likeness (QED) is 0.257. The third-order valence-electron chi connectivity index (χ3n) is 10.2. The summed E-state index contributed by atoms with van der Waals surface area (Å²) in [6.07, 6.45) is -3.90. The number of hydrogen-bond donors (Lipinski definition) is 2. The molecule has 14 atom stereocenters. The van der Waals surface area contributed by atoms with Crippen LogP contribution in [0.15, 0.2) is 0 Å². The highest BCUT2D eigenvalue weighted by molar-refractivity contribution is 6.00. The number of Topliss-reactive ketones (excluding diaryl/α,β-unsaturated/α-hetero) is 1. The lowest BCUT2D eigenvalue weighted by Crippen LogP contribution is -2.74. The number of quaternary nitrogens is 1. The monoisotopic (exact) mass is 614 g/mol. The van der Waals surface area contributed by atoms with Crippen molar-refractivity contribution in [3.63, 3.8) is 0 Å². The number of ether oxygens (including phenoxy) is 6. The van der Waals surface area contributed by atoms with E-state index in [1.807, 2.05) is 46.7 Å². The normalized spacial score (nSPS) is 47.8. The highest BCUT2D eigenvalue weighted by atomic mass is 16.7. The largest absolute Gasteiger partial charge is 0.457 e. The molecule has 0 bridgehead atoms. The summed E-state index contributed by atoms with van der Waals surface area (Å²) in [5.74, 6) is 0.705. The first-order valence-electron chi connectivity index (χ1n) is 15.4. The SMILES string of the molecule is CC[C@H]1OC(=O)[C@H](C)C(=O)[C@H](C)[C@@H](O[C@@H]2O[C@H](C)C[C@H](N(C)C)[C@H]2O)[C@](C)(OC)C[C@@H](C)[C@@H]2O[C@@H]2[C@H]2N([NH3+])C(=O)O[C@]12C. The third-order valence-corrected chi connectivity index (χ3v) is 10.2. The van der Waals surface area contributed by atoms with Gasteiger partial charge in [-0.05, 0) is 67.0 Å². The van der Waals surface area contributed by atoms with E-state index in [0.717, 1.165) is 0 Å². The standard InChI is InChI=1S/C30H51N3O10/c1-11-19-30(7)24(33(31)28(37)43-30)23-22(41-23)14(2)13-29(6,38-10)25(16(4)20(34)17(5)26(36)40-19)42-27-21(35)18(32(8)9)12-15(3)39-27/h14-19,21-25,27,35H,11-13,31H2,1-10H3/p+1/t14-,15-,16+,17-,18+,19-,21-,22+,23+,24-,25-,27+,29-,30-/m1/s1. The Morgan fingerprint density at radius 3 is 2.33 bits per heavy atom. The van der Waals surface area contributed by atoms with E-state index < -0.39 is 77.6 Å². The molecule has 246 valence electrons. The van der Waals surface area contributed by atoms with Gasteiger partial charge in [-0.15, -0.1) is 5.01 Å². The van der Waals surface area contributed by atoms with Gasteiger partial charge in [0.2, 0.25) is 0 Å². The fourth-order valence-electron chi connectivity index (χ4n) is 7.51. The van der Waals surface area contributed by atoms with Gasteiger partial charge >= 0.3 is 12.1 Å². The number of rotatable bonds is 5. The Balaban J connectivity index is 1.73. The molecule has 4 fully saturated rings. The van der Waals surface area contributed by atoms with Gasteiger partial charge in [0.15, 0.2) is 23.7 Å². The number of aliphatic hydroxyl groups is 1. The fraction of sp³-hybridized carbons (Fsp3) is 0.900. The number of amides is 1. The molecule has 0 aromatic rings. The Kier molecular flexibility index (Phi) is 9.88. The van der Waals surface area contributed by atoms with Gasteiger partial charge in [-0.25, -0.2) is 10.6 Å². The van der Waals surface area contributed by atoms with Gasteiger partial charge in [-0.3, -0.25) is 9.59 Å². The lowest BCUT2D eigenvalue weighted by atomic mass is 9.76. The molecule has 0 radical (unpaired) electrons. The summed E-state index contributed by atoms with van der Waals surface area (Å²) >= 11 is 0. The highest BCUT2D eigenvalue weighted by Gasteiger charge is 2.67. The zero-order chi connectivity index (χ0) is 32.2. The molecule has 0 unspecified atom stereocenters. The molecule has 4 aliphatic heterocycles. The van der Waals surface area contributed by atoms with Crippen molar-refractivity contribution < 1.29 is 53.8 Å². The van der Waals surface area contributed by atoms with Crippen LogP contribution in [-0.2, 0) is 38.0 Å². The van der Waals surface area contributed by atoms with Crippen LogP contribution in [0.4, 0.5) is 4.79 Å². The Bertz CT molecular complexity index is 1060. The van der Waals surface area contributed by atoms with E-state index >= 15 is 0 Å². The van der Waals surface area contributed by atoms with Crippen LogP contribution in [0.2, 0.25) is 0 Å². The first-order chi connectivity index (χ1) is 20.0. The van der Waals surface area contributed by atoms with E-state index in [0.29, 0.717) is 19.3 Å². The molecule has 43 heavy (non-hydrogen) atoms. The summed E-state index contributed by atoms with van der Waals surface area (Å²) in [6.45, 7) is 12.6. The topological polar surface area (TPSA) is 164 Å². The van der Waals surface area contributed by atoms with Crippen molar-refractivity contribution in [2.45, 2.75) is 134 Å². The van der Waals surface area contributed by atoms with Crippen molar-refractivity contribution in [2.24, 2.45) is 17.8 Å². The van der Waals surface area contributed by atoms with Crippen molar-refractivity contribution >= 4 is 17.8 Å². The number of aliphatic hydroxyl groups excluding tert-OH is 1. The number of methoxy groups -OCH3 is 1. The summed E-state index contributed by atoms with van der Waals surface area (Å²) in [4.78, 5) is 42.2. The second kappa shape index (κ2) is 12.5. The molecule has 4 heterocycles. The zero-order valence-electron chi connectivity index (χ0n) is 27.3. The molecule has 4 N–H and O–H groups in total. The minimum Gasteiger partial charge on any atom is -0.457 e. The van der Waals surface area contributed by atoms with E-state index in [9.17, 15) is 19.5 Å². The first kappa shape index (κ1) is 34.0. The number of ketones is 1. The fourth-order valence-corrected chi connectivity index (χ4v) is 7.51. The molecule has 0 saturated carbocycles. The summed E-state index contributed by atoms with van der Waals surface area (Å²) in [5, 5.41) is 12.5. The lowest BCUT2D eigenvalue weighted by molar-refractivity contribution is -0.556. The Morgan fingerprint density at radius 1 is 1.09 bits per heavy atom. The smallest absolute Gasteiger partial charge is 0.455 e. The molecule has 0 aromatic heterocycles. The predicted octanol–water partition coefficient (Wildman–Crippen LogP) is 0.909. The lowest BCUT2D eigenvalue weighted by Gasteiger charge is -2.46. The van der Waals surface area contributed by atoms with E-state index in [1.165, 1.54) is 11.9 Å². The zero-order valence-corrected chi connectivity index (χ0v) is 27.3. The molecule has 13 heteroatoms. The molecule has 13 nitrogen and oxygen atoms in total. The van der Waals surface area contributed by atoms with Crippen molar-refractivity contribution in [1.82, 2.24) is 9.91 Å². The Labute approximate surface area is 254 Å². The molecule has 4 aliphatic rings. The second-order valence-electron chi connectivity index (χ2n) is 13.6.